The van der Waals surface area contributed by atoms with Crippen molar-refractivity contribution in [2.24, 2.45) is 23.7 Å². The van der Waals surface area contributed by atoms with Crippen LogP contribution in [0.5, 0.6) is 0 Å². The molecule has 280 valence electrons. The zero-order valence-electron chi connectivity index (χ0n) is 33.1. The molecule has 4 bridgehead atoms. The molecule has 7 aromatic carbocycles. The lowest BCUT2D eigenvalue weighted by molar-refractivity contribution is -0.0399. The minimum atomic E-state index is 0.170. The van der Waals surface area contributed by atoms with Crippen molar-refractivity contribution in [2.75, 3.05) is 0 Å². The Morgan fingerprint density at radius 2 is 0.948 bits per heavy atom. The fourth-order valence-corrected chi connectivity index (χ4v) is 14.7. The van der Waals surface area contributed by atoms with Crippen LogP contribution in [0.25, 0.3) is 72.0 Å². The Labute approximate surface area is 341 Å². The summed E-state index contributed by atoms with van der Waals surface area (Å²) in [4.78, 5) is 0. The molecule has 8 aromatic rings. The molecule has 5 fully saturated rings. The number of aromatic nitrogens is 1. The molecule has 2 spiro atoms. The lowest BCUT2D eigenvalue weighted by Gasteiger charge is -2.61. The van der Waals surface area contributed by atoms with Crippen LogP contribution in [0.15, 0.2) is 152 Å². The average Bonchev–Trinajstić information content (AvgIpc) is 4.03. The van der Waals surface area contributed by atoms with Gasteiger partial charge in [-0.25, -0.2) is 0 Å². The Balaban J connectivity index is 0.966. The van der Waals surface area contributed by atoms with Crippen LogP contribution in [-0.4, -0.2) is 4.57 Å². The molecule has 0 saturated heterocycles. The van der Waals surface area contributed by atoms with Crippen LogP contribution in [0.3, 0.4) is 0 Å². The summed E-state index contributed by atoms with van der Waals surface area (Å²) >= 11 is 0. The van der Waals surface area contributed by atoms with E-state index in [0.717, 1.165) is 23.7 Å². The minimum absolute atomic E-state index is 0.170. The van der Waals surface area contributed by atoms with E-state index in [4.69, 9.17) is 0 Å². The van der Waals surface area contributed by atoms with Gasteiger partial charge in [0.2, 0.25) is 0 Å². The molecule has 58 heavy (non-hydrogen) atoms. The number of fused-ring (bicyclic) bond motifs is 11. The monoisotopic (exact) mass is 745 g/mol. The van der Waals surface area contributed by atoms with Crippen LogP contribution in [0.1, 0.15) is 80.0 Å². The predicted molar refractivity (Wildman–Crippen MR) is 240 cm³/mol. The maximum atomic E-state index is 2.66. The summed E-state index contributed by atoms with van der Waals surface area (Å²) in [7, 11) is 0. The van der Waals surface area contributed by atoms with Crippen LogP contribution in [0, 0.1) is 23.7 Å². The van der Waals surface area contributed by atoms with E-state index in [-0.39, 0.29) is 10.8 Å². The SMILES string of the molecule is c1ccc(-c2ccc3c(c2)c2cc(-c4ccc5c(c4)C4(c6ccccc6-5)C5CC6CC(C5)CC4C6)ccc2n3-c2ccc3c(c2)-c2ccccc2C32CCCC2)cc1. The normalized spacial score (nSPS) is 25.2. The number of hydrogen-bond donors (Lipinski definition) is 0. The molecule has 0 atom stereocenters. The van der Waals surface area contributed by atoms with E-state index >= 15 is 0 Å². The third-order valence-corrected chi connectivity index (χ3v) is 16.7. The lowest BCUT2D eigenvalue weighted by Crippen LogP contribution is -2.55. The van der Waals surface area contributed by atoms with E-state index < -0.39 is 0 Å². The molecule has 7 aliphatic rings. The van der Waals surface area contributed by atoms with Gasteiger partial charge in [-0.2, -0.15) is 0 Å². The van der Waals surface area contributed by atoms with Gasteiger partial charge in [0.05, 0.1) is 11.0 Å². The molecule has 1 aromatic heterocycles. The number of nitrogens with zero attached hydrogens (tertiary/aromatic N) is 1. The van der Waals surface area contributed by atoms with Gasteiger partial charge in [-0.3, -0.25) is 0 Å². The first-order valence-corrected chi connectivity index (χ1v) is 22.3. The zero-order valence-corrected chi connectivity index (χ0v) is 33.1. The summed E-state index contributed by atoms with van der Waals surface area (Å²) in [5.41, 5.74) is 21.6. The van der Waals surface area contributed by atoms with Crippen molar-refractivity contribution in [1.82, 2.24) is 4.57 Å². The molecule has 0 N–H and O–H groups in total. The molecule has 0 aliphatic heterocycles. The molecule has 0 amide bonds. The molecular weight excluding hydrogens is 699 g/mol. The quantitative estimate of drug-likeness (QED) is 0.170. The summed E-state index contributed by atoms with van der Waals surface area (Å²) in [6.45, 7) is 0. The molecule has 1 heteroatoms. The largest absolute Gasteiger partial charge is 0.309 e. The highest BCUT2D eigenvalue weighted by Gasteiger charge is 2.61. The van der Waals surface area contributed by atoms with Gasteiger partial charge in [0.15, 0.2) is 0 Å². The topological polar surface area (TPSA) is 4.93 Å². The highest BCUT2D eigenvalue weighted by atomic mass is 15.0. The van der Waals surface area contributed by atoms with E-state index in [2.05, 4.69) is 156 Å². The van der Waals surface area contributed by atoms with Gasteiger partial charge < -0.3 is 4.57 Å². The standard InChI is InChI=1S/C57H47N/c1-2-10-37(11-3-1)38-17-22-54-48(31-38)49-32-39(18-23-55(49)58(54)43-19-21-51-47(34-43)45-13-4-6-14-50(45)56(51)24-8-9-25-56)40-16-20-46-44-12-5-7-15-52(44)57(53(46)33-40)41-27-35-26-36(29-41)30-42(57)28-35/h1-7,10-23,31-36,41-42H,8-9,24-30H2. The van der Waals surface area contributed by atoms with Gasteiger partial charge >= 0.3 is 0 Å². The maximum Gasteiger partial charge on any atom is 0.0541 e. The number of rotatable bonds is 3. The first-order chi connectivity index (χ1) is 28.7. The zero-order chi connectivity index (χ0) is 37.7. The van der Waals surface area contributed by atoms with Crippen molar-refractivity contribution in [1.29, 1.82) is 0 Å². The molecular formula is C57H47N. The Hall–Kier alpha value is -5.66. The van der Waals surface area contributed by atoms with Crippen molar-refractivity contribution in [3.05, 3.63) is 174 Å². The fourth-order valence-electron chi connectivity index (χ4n) is 14.7. The Kier molecular flexibility index (Phi) is 6.41. The molecule has 7 aliphatic carbocycles. The predicted octanol–water partition coefficient (Wildman–Crippen LogP) is 14.7. The van der Waals surface area contributed by atoms with Crippen LogP contribution < -0.4 is 0 Å². The number of hydrogen-bond acceptors (Lipinski definition) is 0. The molecule has 0 radical (unpaired) electrons. The van der Waals surface area contributed by atoms with Gasteiger partial charge in [0.25, 0.3) is 0 Å². The number of benzene rings is 7. The van der Waals surface area contributed by atoms with Crippen molar-refractivity contribution in [3.8, 4) is 50.2 Å². The first kappa shape index (κ1) is 32.3. The van der Waals surface area contributed by atoms with E-state index in [1.54, 1.807) is 22.3 Å². The second-order valence-electron chi connectivity index (χ2n) is 19.2. The van der Waals surface area contributed by atoms with E-state index in [1.165, 1.54) is 130 Å². The Bertz CT molecular complexity index is 3000. The Morgan fingerprint density at radius 3 is 1.66 bits per heavy atom. The molecule has 1 heterocycles. The van der Waals surface area contributed by atoms with E-state index in [1.807, 2.05) is 0 Å². The van der Waals surface area contributed by atoms with Crippen LogP contribution in [-0.2, 0) is 10.8 Å². The summed E-state index contributed by atoms with van der Waals surface area (Å²) in [5, 5.41) is 2.64. The van der Waals surface area contributed by atoms with Crippen molar-refractivity contribution in [3.63, 3.8) is 0 Å². The van der Waals surface area contributed by atoms with Gasteiger partial charge in [0.1, 0.15) is 0 Å². The van der Waals surface area contributed by atoms with Crippen molar-refractivity contribution in [2.45, 2.75) is 68.6 Å². The van der Waals surface area contributed by atoms with Crippen LogP contribution in [0.2, 0.25) is 0 Å². The molecule has 1 nitrogen and oxygen atoms in total. The Morgan fingerprint density at radius 1 is 0.397 bits per heavy atom. The van der Waals surface area contributed by atoms with Gasteiger partial charge in [0, 0.05) is 27.3 Å². The minimum Gasteiger partial charge on any atom is -0.309 e. The molecule has 5 saturated carbocycles. The molecule has 0 unspecified atom stereocenters. The smallest absolute Gasteiger partial charge is 0.0541 e. The third-order valence-electron chi connectivity index (χ3n) is 16.7. The van der Waals surface area contributed by atoms with Crippen LogP contribution in [0.4, 0.5) is 0 Å². The highest BCUT2D eigenvalue weighted by molar-refractivity contribution is 6.12. The summed E-state index contributed by atoms with van der Waals surface area (Å²) in [6, 6.07) is 59.2. The summed E-state index contributed by atoms with van der Waals surface area (Å²) < 4.78 is 2.55. The summed E-state index contributed by atoms with van der Waals surface area (Å²) in [6.07, 6.45) is 12.3. The van der Waals surface area contributed by atoms with Crippen LogP contribution >= 0.6 is 0 Å². The fraction of sp³-hybridized carbons (Fsp3) is 0.263. The van der Waals surface area contributed by atoms with Gasteiger partial charge in [-0.1, -0.05) is 122 Å². The summed E-state index contributed by atoms with van der Waals surface area (Å²) in [5.74, 6) is 3.41. The van der Waals surface area contributed by atoms with Crippen molar-refractivity contribution >= 4 is 21.8 Å². The maximum absolute atomic E-state index is 2.66. The third kappa shape index (κ3) is 4.08. The van der Waals surface area contributed by atoms with Gasteiger partial charge in [-0.05, 0) is 178 Å². The molecule has 15 rings (SSSR count). The average molecular weight is 746 g/mol. The van der Waals surface area contributed by atoms with Crippen molar-refractivity contribution < 1.29 is 0 Å². The van der Waals surface area contributed by atoms with E-state index in [0.29, 0.717) is 0 Å². The van der Waals surface area contributed by atoms with E-state index in [9.17, 15) is 0 Å². The van der Waals surface area contributed by atoms with Gasteiger partial charge in [-0.15, -0.1) is 0 Å². The highest BCUT2D eigenvalue weighted by Crippen LogP contribution is 2.69. The first-order valence-electron chi connectivity index (χ1n) is 22.3. The lowest BCUT2D eigenvalue weighted by atomic mass is 9.43. The second kappa shape index (κ2) is 11.5. The second-order valence-corrected chi connectivity index (χ2v) is 19.2.